The average molecular weight is 1060 g/mol. The number of aromatic nitrogens is 4. The van der Waals surface area contributed by atoms with E-state index in [0.717, 1.165) is 140 Å². The van der Waals surface area contributed by atoms with Gasteiger partial charge in [-0.2, -0.15) is 26.3 Å². The van der Waals surface area contributed by atoms with Gasteiger partial charge in [0.15, 0.2) is 0 Å². The minimum absolute atomic E-state index is 0.387. The van der Waals surface area contributed by atoms with Crippen LogP contribution in [0.15, 0.2) is 237 Å². The van der Waals surface area contributed by atoms with Gasteiger partial charge < -0.3 is 18.3 Å². The summed E-state index contributed by atoms with van der Waals surface area (Å²) in [6.45, 7) is 2.09. The molecule has 0 saturated carbocycles. The van der Waals surface area contributed by atoms with Crippen LogP contribution < -0.4 is 0 Å². The molecule has 4 aromatic heterocycles. The Morgan fingerprint density at radius 1 is 0.312 bits per heavy atom. The zero-order valence-electron chi connectivity index (χ0n) is 42.8. The molecule has 0 aliphatic heterocycles. The summed E-state index contributed by atoms with van der Waals surface area (Å²) in [5.41, 5.74) is 12.4. The SMILES string of the molecule is CCc1c(-n2c3ccccc3c3ccc4c(c5ccccc5n4-c4ccccc4)c32)c(-c2ccc(C(F)(F)F)cc2)cc(-c2ccc(C(F)(F)F)cc2)c1-n1c2ccccc2c2ccc3c(c4ccccc4n3-c3ccccc3)c21. The first-order valence-corrected chi connectivity index (χ1v) is 26.6. The number of nitrogens with zero attached hydrogens (tertiary/aromatic N) is 4. The second kappa shape index (κ2) is 17.6. The lowest BCUT2D eigenvalue weighted by Crippen LogP contribution is -2.11. The van der Waals surface area contributed by atoms with Gasteiger partial charge in [0.25, 0.3) is 0 Å². The van der Waals surface area contributed by atoms with Crippen LogP contribution in [0.5, 0.6) is 0 Å². The predicted molar refractivity (Wildman–Crippen MR) is 314 cm³/mol. The summed E-state index contributed by atoms with van der Waals surface area (Å²) in [6, 6.07) is 74.9. The zero-order valence-corrected chi connectivity index (χ0v) is 42.8. The summed E-state index contributed by atoms with van der Waals surface area (Å²) in [5.74, 6) is 0. The first-order valence-electron chi connectivity index (χ1n) is 26.6. The van der Waals surface area contributed by atoms with Crippen LogP contribution in [-0.2, 0) is 18.8 Å². The van der Waals surface area contributed by atoms with E-state index in [0.29, 0.717) is 28.7 Å². The number of halogens is 6. The van der Waals surface area contributed by atoms with Gasteiger partial charge in [0.2, 0.25) is 0 Å². The number of alkyl halides is 6. The molecule has 0 unspecified atom stereocenters. The quantitative estimate of drug-likeness (QED) is 0.142. The smallest absolute Gasteiger partial charge is 0.309 e. The highest BCUT2D eigenvalue weighted by Gasteiger charge is 2.34. The highest BCUT2D eigenvalue weighted by molar-refractivity contribution is 6.28. The van der Waals surface area contributed by atoms with Gasteiger partial charge >= 0.3 is 12.4 Å². The van der Waals surface area contributed by atoms with Crippen molar-refractivity contribution in [2.75, 3.05) is 0 Å². The molecule has 386 valence electrons. The normalized spacial score (nSPS) is 12.5. The van der Waals surface area contributed by atoms with Crippen molar-refractivity contribution >= 4 is 87.2 Å². The molecule has 0 aliphatic rings. The standard InChI is InChI=1S/C70H44F6N4/c1-2-48-65(79-57-25-13-9-21-49(57)51-37-39-61-63(67(51)79)53-23-11-15-27-59(53)77(61)46-17-5-3-6-18-46)55(42-29-33-44(34-30-42)69(71,72)73)41-56(43-31-35-45(36-32-43)70(74,75)76)66(48)80-58-26-14-10-22-50(58)52-38-40-62-64(68(52)80)54-24-12-16-28-60(54)78(62)47-19-7-4-8-20-47/h3-41H,2H2,1H3. The monoisotopic (exact) mass is 1050 g/mol. The summed E-state index contributed by atoms with van der Waals surface area (Å²) < 4.78 is 96.6. The molecule has 0 amide bonds. The molecule has 0 fully saturated rings. The topological polar surface area (TPSA) is 19.7 Å². The summed E-state index contributed by atoms with van der Waals surface area (Å²) in [6.07, 6.45) is -8.83. The van der Waals surface area contributed by atoms with Gasteiger partial charge in [0, 0.05) is 71.2 Å². The number of para-hydroxylation sites is 6. The van der Waals surface area contributed by atoms with Crippen LogP contribution in [-0.4, -0.2) is 18.3 Å². The maximum Gasteiger partial charge on any atom is 0.416 e. The molecule has 11 aromatic carbocycles. The predicted octanol–water partition coefficient (Wildman–Crippen LogP) is 20.0. The number of fused-ring (bicyclic) bond motifs is 14. The lowest BCUT2D eigenvalue weighted by atomic mass is 9.89. The van der Waals surface area contributed by atoms with Crippen LogP contribution in [0.25, 0.3) is 132 Å². The maximum absolute atomic E-state index is 14.6. The number of benzene rings is 11. The summed E-state index contributed by atoms with van der Waals surface area (Å²) in [5, 5.41) is 7.89. The molecule has 4 heterocycles. The largest absolute Gasteiger partial charge is 0.416 e. The molecule has 80 heavy (non-hydrogen) atoms. The van der Waals surface area contributed by atoms with Gasteiger partial charge in [0.1, 0.15) is 0 Å². The average Bonchev–Trinajstić information content (AvgIpc) is 2.91. The van der Waals surface area contributed by atoms with E-state index in [1.807, 2.05) is 91.0 Å². The molecular formula is C70H44F6N4. The molecule has 0 N–H and O–H groups in total. The lowest BCUT2D eigenvalue weighted by molar-refractivity contribution is -0.138. The third-order valence-corrected chi connectivity index (χ3v) is 16.2. The van der Waals surface area contributed by atoms with Crippen molar-refractivity contribution < 1.29 is 26.3 Å². The van der Waals surface area contributed by atoms with Crippen molar-refractivity contribution in [1.82, 2.24) is 18.3 Å². The van der Waals surface area contributed by atoms with E-state index in [4.69, 9.17) is 0 Å². The third-order valence-electron chi connectivity index (χ3n) is 16.2. The molecule has 4 nitrogen and oxygen atoms in total. The van der Waals surface area contributed by atoms with E-state index in [1.165, 1.54) is 24.3 Å². The molecule has 0 aliphatic carbocycles. The molecule has 0 spiro atoms. The fourth-order valence-electron chi connectivity index (χ4n) is 12.9. The molecule has 0 radical (unpaired) electrons. The van der Waals surface area contributed by atoms with Crippen LogP contribution in [0.2, 0.25) is 0 Å². The fraction of sp³-hybridized carbons (Fsp3) is 0.0571. The van der Waals surface area contributed by atoms with Crippen molar-refractivity contribution in [3.05, 3.63) is 253 Å². The van der Waals surface area contributed by atoms with Crippen molar-refractivity contribution in [3.63, 3.8) is 0 Å². The van der Waals surface area contributed by atoms with E-state index in [-0.39, 0.29) is 0 Å². The minimum atomic E-state index is -4.61. The first-order chi connectivity index (χ1) is 39.0. The number of hydrogen-bond donors (Lipinski definition) is 0. The van der Waals surface area contributed by atoms with E-state index in [1.54, 1.807) is 0 Å². The van der Waals surface area contributed by atoms with Gasteiger partial charge in [0.05, 0.1) is 66.6 Å². The van der Waals surface area contributed by atoms with Crippen molar-refractivity contribution in [2.45, 2.75) is 25.7 Å². The van der Waals surface area contributed by atoms with Crippen molar-refractivity contribution in [1.29, 1.82) is 0 Å². The van der Waals surface area contributed by atoms with E-state index in [9.17, 15) is 26.3 Å². The van der Waals surface area contributed by atoms with Crippen LogP contribution in [0.1, 0.15) is 23.6 Å². The Morgan fingerprint density at radius 2 is 0.650 bits per heavy atom. The summed E-state index contributed by atoms with van der Waals surface area (Å²) in [4.78, 5) is 0. The van der Waals surface area contributed by atoms with Gasteiger partial charge in [-0.15, -0.1) is 0 Å². The molecule has 10 heteroatoms. The molecular weight excluding hydrogens is 1010 g/mol. The third kappa shape index (κ3) is 6.97. The molecule has 0 atom stereocenters. The van der Waals surface area contributed by atoms with Gasteiger partial charge in [-0.3, -0.25) is 0 Å². The highest BCUT2D eigenvalue weighted by Crippen LogP contribution is 2.51. The summed E-state index contributed by atoms with van der Waals surface area (Å²) >= 11 is 0. The second-order valence-electron chi connectivity index (χ2n) is 20.4. The molecule has 15 rings (SSSR count). The van der Waals surface area contributed by atoms with E-state index in [2.05, 4.69) is 122 Å². The van der Waals surface area contributed by atoms with E-state index >= 15 is 0 Å². The second-order valence-corrected chi connectivity index (χ2v) is 20.4. The van der Waals surface area contributed by atoms with Gasteiger partial charge in [-0.1, -0.05) is 153 Å². The molecule has 0 saturated heterocycles. The van der Waals surface area contributed by atoms with Crippen LogP contribution >= 0.6 is 0 Å². The minimum Gasteiger partial charge on any atom is -0.309 e. The molecule has 15 aromatic rings. The van der Waals surface area contributed by atoms with Crippen molar-refractivity contribution in [2.24, 2.45) is 0 Å². The maximum atomic E-state index is 14.6. The summed E-state index contributed by atoms with van der Waals surface area (Å²) in [7, 11) is 0. The Hall–Kier alpha value is -9.80. The van der Waals surface area contributed by atoms with Crippen LogP contribution in [0.3, 0.4) is 0 Å². The Labute approximate surface area is 453 Å². The Morgan fingerprint density at radius 3 is 1.01 bits per heavy atom. The lowest BCUT2D eigenvalue weighted by Gasteiger charge is -2.26. The number of hydrogen-bond acceptors (Lipinski definition) is 0. The highest BCUT2D eigenvalue weighted by atomic mass is 19.4. The van der Waals surface area contributed by atoms with E-state index < -0.39 is 23.5 Å². The Bertz CT molecular complexity index is 4670. The van der Waals surface area contributed by atoms with Crippen molar-refractivity contribution in [3.8, 4) is 45.0 Å². The van der Waals surface area contributed by atoms with Gasteiger partial charge in [-0.25, -0.2) is 0 Å². The first kappa shape index (κ1) is 47.4. The zero-order chi connectivity index (χ0) is 54.2. The molecule has 0 bridgehead atoms. The van der Waals surface area contributed by atoms with Crippen LogP contribution in [0, 0.1) is 0 Å². The van der Waals surface area contributed by atoms with Crippen LogP contribution in [0.4, 0.5) is 26.3 Å². The Balaban J connectivity index is 1.19. The van der Waals surface area contributed by atoms with Gasteiger partial charge in [-0.05, 0) is 109 Å². The fourth-order valence-corrected chi connectivity index (χ4v) is 12.9. The Kier molecular flexibility index (Phi) is 10.4. The number of rotatable bonds is 7.